The zero-order chi connectivity index (χ0) is 23.0. The topological polar surface area (TPSA) is 54.0 Å². The van der Waals surface area contributed by atoms with Crippen molar-refractivity contribution in [2.75, 3.05) is 13.2 Å². The molecule has 2 rings (SSSR count). The summed E-state index contributed by atoms with van der Waals surface area (Å²) < 4.78 is 11.2. The number of allylic oxidation sites excluding steroid dienone is 1. The Labute approximate surface area is 192 Å². The Morgan fingerprint density at radius 3 is 2.22 bits per heavy atom. The maximum Gasteiger partial charge on any atom is 0.343 e. The summed E-state index contributed by atoms with van der Waals surface area (Å²) in [6.45, 7) is 7.53. The van der Waals surface area contributed by atoms with Gasteiger partial charge in [-0.2, -0.15) is 4.89 Å². The average molecular weight is 441 g/mol. The van der Waals surface area contributed by atoms with Crippen LogP contribution in [0, 0.1) is 5.92 Å². The zero-order valence-electron chi connectivity index (χ0n) is 19.5. The smallest absolute Gasteiger partial charge is 0.343 e. The first kappa shape index (κ1) is 25.5. The lowest BCUT2D eigenvalue weighted by Gasteiger charge is -2.10. The van der Waals surface area contributed by atoms with Crippen LogP contribution in [0.25, 0.3) is 0 Å². The molecule has 2 aromatic rings. The maximum absolute atomic E-state index is 12.4. The summed E-state index contributed by atoms with van der Waals surface area (Å²) in [6, 6.07) is 14.8. The first-order valence-electron chi connectivity index (χ1n) is 11.6. The van der Waals surface area contributed by atoms with Crippen molar-refractivity contribution in [3.05, 3.63) is 72.0 Å². The number of ether oxygens (including phenoxy) is 2. The fraction of sp³-hybridized carbons (Fsp3) is 0.444. The third-order valence-electron chi connectivity index (χ3n) is 5.16. The number of benzene rings is 2. The Morgan fingerprint density at radius 2 is 1.56 bits per heavy atom. The molecular formula is C27H36O5. The molecule has 5 nitrogen and oxygen atoms in total. The number of unbranched alkanes of at least 4 members (excludes halogenated alkanes) is 3. The third kappa shape index (κ3) is 10.0. The van der Waals surface area contributed by atoms with Crippen molar-refractivity contribution in [3.8, 4) is 11.5 Å². The third-order valence-corrected chi connectivity index (χ3v) is 5.16. The van der Waals surface area contributed by atoms with E-state index in [1.165, 1.54) is 11.8 Å². The Balaban J connectivity index is 1.65. The highest BCUT2D eigenvalue weighted by Gasteiger charge is 2.09. The molecule has 0 heterocycles. The van der Waals surface area contributed by atoms with Gasteiger partial charge in [-0.25, -0.2) is 4.79 Å². The van der Waals surface area contributed by atoms with Crippen LogP contribution in [0.1, 0.15) is 68.8 Å². The van der Waals surface area contributed by atoms with Crippen LogP contribution in [0.15, 0.2) is 60.9 Å². The molecule has 0 amide bonds. The van der Waals surface area contributed by atoms with E-state index in [1.807, 2.05) is 31.2 Å². The molecular weight excluding hydrogens is 404 g/mol. The minimum Gasteiger partial charge on any atom is -0.494 e. The van der Waals surface area contributed by atoms with Crippen LogP contribution in [0.4, 0.5) is 0 Å². The van der Waals surface area contributed by atoms with Crippen molar-refractivity contribution in [1.82, 2.24) is 0 Å². The monoisotopic (exact) mass is 440 g/mol. The molecule has 0 N–H and O–H groups in total. The first-order valence-corrected chi connectivity index (χ1v) is 11.6. The van der Waals surface area contributed by atoms with Gasteiger partial charge in [0.1, 0.15) is 17.8 Å². The number of carbonyl (C=O) groups excluding carboxylic acids is 1. The molecule has 32 heavy (non-hydrogen) atoms. The molecule has 1 unspecified atom stereocenters. The van der Waals surface area contributed by atoms with Crippen LogP contribution in [0.5, 0.6) is 11.5 Å². The van der Waals surface area contributed by atoms with Crippen molar-refractivity contribution < 1.29 is 24.0 Å². The molecule has 0 aliphatic heterocycles. The zero-order valence-corrected chi connectivity index (χ0v) is 19.5. The molecule has 0 spiro atoms. The molecule has 1 atom stereocenters. The fourth-order valence-electron chi connectivity index (χ4n) is 3.04. The van der Waals surface area contributed by atoms with E-state index in [0.717, 1.165) is 44.3 Å². The number of hydrogen-bond donors (Lipinski definition) is 0. The van der Waals surface area contributed by atoms with E-state index in [1.54, 1.807) is 30.3 Å². The summed E-state index contributed by atoms with van der Waals surface area (Å²) in [5.41, 5.74) is 1.76. The van der Waals surface area contributed by atoms with Crippen molar-refractivity contribution in [2.45, 2.75) is 59.3 Å². The summed E-state index contributed by atoms with van der Waals surface area (Å²) in [4.78, 5) is 22.2. The molecule has 174 valence electrons. The van der Waals surface area contributed by atoms with Gasteiger partial charge in [0, 0.05) is 0 Å². The van der Waals surface area contributed by atoms with E-state index in [9.17, 15) is 4.79 Å². The minimum absolute atomic E-state index is 0.369. The SMILES string of the molecule is C/C=C/OOCCCCCCOc1ccc(C(=O)Oc2ccc(CC(C)CC)cc2)cc1. The van der Waals surface area contributed by atoms with Gasteiger partial charge in [-0.05, 0) is 86.6 Å². The molecule has 0 bridgehead atoms. The van der Waals surface area contributed by atoms with Crippen LogP contribution >= 0.6 is 0 Å². The number of hydrogen-bond acceptors (Lipinski definition) is 5. The highest BCUT2D eigenvalue weighted by atomic mass is 17.2. The van der Waals surface area contributed by atoms with E-state index in [4.69, 9.17) is 19.2 Å². The van der Waals surface area contributed by atoms with Gasteiger partial charge in [-0.1, -0.05) is 38.8 Å². The van der Waals surface area contributed by atoms with Gasteiger partial charge in [0.05, 0.1) is 18.8 Å². The van der Waals surface area contributed by atoms with Crippen LogP contribution in [-0.4, -0.2) is 19.2 Å². The first-order chi connectivity index (χ1) is 15.6. The quantitative estimate of drug-likeness (QED) is 0.0752. The Kier molecular flexibility index (Phi) is 12.0. The summed E-state index contributed by atoms with van der Waals surface area (Å²) in [5.74, 6) is 1.58. The lowest BCUT2D eigenvalue weighted by molar-refractivity contribution is -0.249. The predicted molar refractivity (Wildman–Crippen MR) is 127 cm³/mol. The molecule has 0 aliphatic rings. The van der Waals surface area contributed by atoms with E-state index < -0.39 is 0 Å². The summed E-state index contributed by atoms with van der Waals surface area (Å²) in [7, 11) is 0. The van der Waals surface area contributed by atoms with Gasteiger partial charge in [0.15, 0.2) is 0 Å². The molecule has 0 saturated heterocycles. The molecule has 0 aliphatic carbocycles. The second kappa shape index (κ2) is 15.1. The summed E-state index contributed by atoms with van der Waals surface area (Å²) in [6.07, 6.45) is 9.53. The van der Waals surface area contributed by atoms with E-state index in [-0.39, 0.29) is 5.97 Å². The Morgan fingerprint density at radius 1 is 0.906 bits per heavy atom. The van der Waals surface area contributed by atoms with Crippen LogP contribution in [-0.2, 0) is 16.2 Å². The van der Waals surface area contributed by atoms with E-state index in [0.29, 0.717) is 30.4 Å². The fourth-order valence-corrected chi connectivity index (χ4v) is 3.04. The van der Waals surface area contributed by atoms with Crippen molar-refractivity contribution in [1.29, 1.82) is 0 Å². The van der Waals surface area contributed by atoms with Crippen LogP contribution in [0.2, 0.25) is 0 Å². The predicted octanol–water partition coefficient (Wildman–Crippen LogP) is 6.92. The van der Waals surface area contributed by atoms with Gasteiger partial charge < -0.3 is 14.4 Å². The molecule has 0 aromatic heterocycles. The second-order valence-corrected chi connectivity index (χ2v) is 7.93. The average Bonchev–Trinajstić information content (AvgIpc) is 2.81. The Hall–Kier alpha value is -2.79. The van der Waals surface area contributed by atoms with Gasteiger partial charge in [-0.15, -0.1) is 0 Å². The molecule has 0 fully saturated rings. The standard InChI is InChI=1S/C27H36O5/c1-4-18-30-31-20-9-7-6-8-19-29-25-16-12-24(13-17-25)27(28)32-26-14-10-23(11-15-26)21-22(3)5-2/h4,10-18,22H,5-9,19-21H2,1-3H3/b18-4+. The minimum atomic E-state index is -0.369. The lowest BCUT2D eigenvalue weighted by atomic mass is 9.99. The van der Waals surface area contributed by atoms with Gasteiger partial charge in [-0.3, -0.25) is 0 Å². The highest BCUT2D eigenvalue weighted by molar-refractivity contribution is 5.91. The number of esters is 1. The van der Waals surface area contributed by atoms with E-state index >= 15 is 0 Å². The number of rotatable bonds is 15. The highest BCUT2D eigenvalue weighted by Crippen LogP contribution is 2.19. The van der Waals surface area contributed by atoms with Crippen molar-refractivity contribution >= 4 is 5.97 Å². The van der Waals surface area contributed by atoms with Gasteiger partial charge in [0.25, 0.3) is 0 Å². The van der Waals surface area contributed by atoms with Crippen molar-refractivity contribution in [2.24, 2.45) is 5.92 Å². The summed E-state index contributed by atoms with van der Waals surface area (Å²) in [5, 5.41) is 0. The normalized spacial score (nSPS) is 12.0. The lowest BCUT2D eigenvalue weighted by Crippen LogP contribution is -2.08. The number of carbonyl (C=O) groups is 1. The maximum atomic E-state index is 12.4. The van der Waals surface area contributed by atoms with Crippen LogP contribution < -0.4 is 9.47 Å². The second-order valence-electron chi connectivity index (χ2n) is 7.93. The largest absolute Gasteiger partial charge is 0.494 e. The van der Waals surface area contributed by atoms with E-state index in [2.05, 4.69) is 13.8 Å². The van der Waals surface area contributed by atoms with Crippen LogP contribution in [0.3, 0.4) is 0 Å². The molecule has 2 aromatic carbocycles. The molecule has 0 radical (unpaired) electrons. The summed E-state index contributed by atoms with van der Waals surface area (Å²) >= 11 is 0. The molecule has 5 heteroatoms. The van der Waals surface area contributed by atoms with Crippen molar-refractivity contribution in [3.63, 3.8) is 0 Å². The van der Waals surface area contributed by atoms with Gasteiger partial charge in [0.2, 0.25) is 0 Å². The van der Waals surface area contributed by atoms with Gasteiger partial charge >= 0.3 is 5.97 Å². The molecule has 0 saturated carbocycles. The Bertz CT molecular complexity index is 796.